The van der Waals surface area contributed by atoms with Crippen molar-refractivity contribution in [2.75, 3.05) is 36.0 Å². The Morgan fingerprint density at radius 1 is 0.706 bits per heavy atom. The smallest absolute Gasteiger partial charge is 0.0457 e. The second-order valence-electron chi connectivity index (χ2n) is 9.89. The number of rotatable bonds is 8. The zero-order valence-corrected chi connectivity index (χ0v) is 22.0. The lowest BCUT2D eigenvalue weighted by atomic mass is 9.64. The van der Waals surface area contributed by atoms with E-state index in [9.17, 15) is 0 Å². The Balaban J connectivity index is 1.91. The summed E-state index contributed by atoms with van der Waals surface area (Å²) >= 11 is 0. The molecule has 0 amide bonds. The van der Waals surface area contributed by atoms with E-state index in [4.69, 9.17) is 6.92 Å². The van der Waals surface area contributed by atoms with Gasteiger partial charge in [-0.1, -0.05) is 50.2 Å². The molecular weight excluding hydrogens is 412 g/mol. The molecule has 4 rings (SSSR count). The Labute approximate surface area is 207 Å². The van der Waals surface area contributed by atoms with Crippen LogP contribution in [0, 0.1) is 6.92 Å². The second-order valence-corrected chi connectivity index (χ2v) is 9.89. The van der Waals surface area contributed by atoms with Crippen LogP contribution < -0.4 is 9.80 Å². The second kappa shape index (κ2) is 9.86. The molecule has 2 nitrogen and oxygen atoms in total. The number of hydrogen-bond donors (Lipinski definition) is 0. The van der Waals surface area contributed by atoms with Crippen molar-refractivity contribution in [3.05, 3.63) is 101 Å². The monoisotopic (exact) mass is 453 g/mol. The van der Waals surface area contributed by atoms with E-state index in [0.29, 0.717) is 5.92 Å². The van der Waals surface area contributed by atoms with Crippen LogP contribution in [0.25, 0.3) is 0 Å². The average Bonchev–Trinajstić information content (AvgIpc) is 2.85. The maximum Gasteiger partial charge on any atom is 0.0457 e. The van der Waals surface area contributed by atoms with Gasteiger partial charge in [-0.25, -0.2) is 0 Å². The van der Waals surface area contributed by atoms with Crippen LogP contribution in [0.2, 0.25) is 0 Å². The highest BCUT2D eigenvalue weighted by atomic mass is 15.1. The van der Waals surface area contributed by atoms with E-state index in [2.05, 4.69) is 112 Å². The van der Waals surface area contributed by atoms with Crippen molar-refractivity contribution in [3.8, 4) is 0 Å². The maximum atomic E-state index is 4.96. The largest absolute Gasteiger partial charge is 0.372 e. The van der Waals surface area contributed by atoms with Gasteiger partial charge in [0.05, 0.1) is 0 Å². The Morgan fingerprint density at radius 2 is 1.15 bits per heavy atom. The molecule has 34 heavy (non-hydrogen) atoms. The third kappa shape index (κ3) is 4.13. The van der Waals surface area contributed by atoms with Crippen molar-refractivity contribution >= 4 is 11.4 Å². The molecule has 2 heteroatoms. The zero-order valence-electron chi connectivity index (χ0n) is 22.0. The van der Waals surface area contributed by atoms with E-state index in [1.165, 1.54) is 44.8 Å². The lowest BCUT2D eigenvalue weighted by molar-refractivity contribution is 0.722. The van der Waals surface area contributed by atoms with Crippen LogP contribution in [-0.2, 0) is 11.8 Å². The topological polar surface area (TPSA) is 6.48 Å². The standard InChI is InChI=1S/C32H41N2/c1-8-33(9-2)28-16-18-30-25(21-28)20-26-22-29(34(10-3)11-4)17-19-31(26)32(30,7)27-14-12-24(13-15-27)23(5)6/h12-19,21-23H,7-11,20H2,1-6H3. The lowest BCUT2D eigenvalue weighted by Gasteiger charge is -2.40. The first-order chi connectivity index (χ1) is 16.4. The van der Waals surface area contributed by atoms with Gasteiger partial charge in [0.1, 0.15) is 0 Å². The van der Waals surface area contributed by atoms with Crippen molar-refractivity contribution in [2.24, 2.45) is 0 Å². The van der Waals surface area contributed by atoms with Crippen molar-refractivity contribution in [1.82, 2.24) is 0 Å². The van der Waals surface area contributed by atoms with E-state index >= 15 is 0 Å². The van der Waals surface area contributed by atoms with Gasteiger partial charge in [-0.3, -0.25) is 0 Å². The summed E-state index contributed by atoms with van der Waals surface area (Å²) in [4.78, 5) is 4.87. The minimum atomic E-state index is -0.415. The fourth-order valence-corrected chi connectivity index (χ4v) is 5.67. The van der Waals surface area contributed by atoms with Gasteiger partial charge >= 0.3 is 0 Å². The normalized spacial score (nSPS) is 14.0. The summed E-state index contributed by atoms with van der Waals surface area (Å²) in [6.07, 6.45) is 0.955. The SMILES string of the molecule is [CH2]C1(c2ccc(C(C)C)cc2)c2ccc(N(CC)CC)cc2Cc2cc(N(CC)CC)ccc21. The van der Waals surface area contributed by atoms with Crippen molar-refractivity contribution in [2.45, 2.75) is 59.3 Å². The molecule has 0 saturated heterocycles. The molecule has 3 aromatic rings. The molecule has 0 N–H and O–H groups in total. The Morgan fingerprint density at radius 3 is 1.53 bits per heavy atom. The van der Waals surface area contributed by atoms with Crippen LogP contribution >= 0.6 is 0 Å². The molecule has 0 heterocycles. The first-order valence-electron chi connectivity index (χ1n) is 13.1. The van der Waals surface area contributed by atoms with E-state index in [1.807, 2.05) is 0 Å². The van der Waals surface area contributed by atoms with Gasteiger partial charge in [-0.2, -0.15) is 0 Å². The van der Waals surface area contributed by atoms with Crippen LogP contribution in [0.15, 0.2) is 60.7 Å². The Hall–Kier alpha value is -2.74. The molecule has 0 fully saturated rings. The average molecular weight is 454 g/mol. The fourth-order valence-electron chi connectivity index (χ4n) is 5.67. The van der Waals surface area contributed by atoms with E-state index in [-0.39, 0.29) is 0 Å². The summed E-state index contributed by atoms with van der Waals surface area (Å²) in [5.74, 6) is 0.522. The lowest BCUT2D eigenvalue weighted by Crippen LogP contribution is -2.33. The Bertz CT molecular complexity index is 1060. The minimum absolute atomic E-state index is 0.415. The zero-order chi connectivity index (χ0) is 24.5. The number of nitrogens with zero attached hydrogens (tertiary/aromatic N) is 2. The summed E-state index contributed by atoms with van der Waals surface area (Å²) in [5.41, 5.74) is 10.3. The third-order valence-corrected chi connectivity index (χ3v) is 7.81. The highest BCUT2D eigenvalue weighted by Gasteiger charge is 2.38. The number of anilines is 2. The van der Waals surface area contributed by atoms with Crippen LogP contribution in [0.5, 0.6) is 0 Å². The molecule has 0 atom stereocenters. The quantitative estimate of drug-likeness (QED) is 0.347. The van der Waals surface area contributed by atoms with Gasteiger partial charge in [-0.05, 0) is 105 Å². The molecule has 0 unspecified atom stereocenters. The van der Waals surface area contributed by atoms with E-state index in [1.54, 1.807) is 0 Å². The molecule has 1 radical (unpaired) electrons. The molecule has 1 aliphatic rings. The number of benzene rings is 3. The summed E-state index contributed by atoms with van der Waals surface area (Å²) in [6.45, 7) is 22.5. The molecule has 179 valence electrons. The van der Waals surface area contributed by atoms with Gasteiger partial charge in [0.2, 0.25) is 0 Å². The van der Waals surface area contributed by atoms with Gasteiger partial charge in [0, 0.05) is 43.0 Å². The van der Waals surface area contributed by atoms with E-state index in [0.717, 1.165) is 32.6 Å². The van der Waals surface area contributed by atoms with Crippen molar-refractivity contribution in [3.63, 3.8) is 0 Å². The number of fused-ring (bicyclic) bond motifs is 2. The third-order valence-electron chi connectivity index (χ3n) is 7.81. The fraction of sp³-hybridized carbons (Fsp3) is 0.406. The predicted molar refractivity (Wildman–Crippen MR) is 149 cm³/mol. The summed E-state index contributed by atoms with van der Waals surface area (Å²) in [7, 11) is 0. The van der Waals surface area contributed by atoms with Crippen molar-refractivity contribution < 1.29 is 0 Å². The molecule has 1 aliphatic carbocycles. The van der Waals surface area contributed by atoms with Gasteiger partial charge < -0.3 is 9.80 Å². The highest BCUT2D eigenvalue weighted by Crippen LogP contribution is 2.47. The summed E-state index contributed by atoms with van der Waals surface area (Å²) < 4.78 is 0. The molecule has 0 aromatic heterocycles. The summed E-state index contributed by atoms with van der Waals surface area (Å²) in [5, 5.41) is 0. The first-order valence-corrected chi connectivity index (χ1v) is 13.1. The molecule has 0 aliphatic heterocycles. The van der Waals surface area contributed by atoms with Gasteiger partial charge in [0.15, 0.2) is 0 Å². The molecule has 3 aromatic carbocycles. The molecule has 0 bridgehead atoms. The van der Waals surface area contributed by atoms with Crippen LogP contribution in [0.1, 0.15) is 80.8 Å². The van der Waals surface area contributed by atoms with Crippen LogP contribution in [0.3, 0.4) is 0 Å². The Kier molecular flexibility index (Phi) is 7.07. The van der Waals surface area contributed by atoms with Gasteiger partial charge in [0.25, 0.3) is 0 Å². The maximum absolute atomic E-state index is 4.96. The minimum Gasteiger partial charge on any atom is -0.372 e. The predicted octanol–water partition coefficient (Wildman–Crippen LogP) is 7.58. The van der Waals surface area contributed by atoms with E-state index < -0.39 is 5.41 Å². The molecular formula is C32H41N2. The molecule has 0 saturated carbocycles. The summed E-state index contributed by atoms with van der Waals surface area (Å²) in [6, 6.07) is 23.3. The van der Waals surface area contributed by atoms with Gasteiger partial charge in [-0.15, -0.1) is 0 Å². The van der Waals surface area contributed by atoms with Crippen molar-refractivity contribution in [1.29, 1.82) is 0 Å². The highest BCUT2D eigenvalue weighted by molar-refractivity contribution is 5.67. The molecule has 0 spiro atoms. The number of hydrogen-bond acceptors (Lipinski definition) is 2. The van der Waals surface area contributed by atoms with Crippen LogP contribution in [-0.4, -0.2) is 26.2 Å². The first kappa shape index (κ1) is 24.4. The van der Waals surface area contributed by atoms with Crippen LogP contribution in [0.4, 0.5) is 11.4 Å².